The van der Waals surface area contributed by atoms with Crippen LogP contribution in [0.1, 0.15) is 17.5 Å². The maximum Gasteiger partial charge on any atom is 0.405 e. The topological polar surface area (TPSA) is 61.4 Å². The monoisotopic (exact) mass is 405 g/mol. The second-order valence-electron chi connectivity index (χ2n) is 7.16. The lowest BCUT2D eigenvalue weighted by Crippen LogP contribution is -2.28. The summed E-state index contributed by atoms with van der Waals surface area (Å²) >= 11 is 0. The second-order valence-corrected chi connectivity index (χ2v) is 7.16. The van der Waals surface area contributed by atoms with Crippen LogP contribution in [0, 0.1) is 12.8 Å². The van der Waals surface area contributed by atoms with Gasteiger partial charge in [-0.05, 0) is 24.6 Å². The molecule has 1 aliphatic heterocycles. The molecular formula is C21H22F3N3O2. The van der Waals surface area contributed by atoms with E-state index in [0.717, 1.165) is 11.1 Å². The number of anilines is 2. The molecule has 5 nitrogen and oxygen atoms in total. The summed E-state index contributed by atoms with van der Waals surface area (Å²) in [6.45, 7) is 1.47. The molecule has 0 aromatic heterocycles. The molecule has 2 amide bonds. The van der Waals surface area contributed by atoms with Gasteiger partial charge in [0.2, 0.25) is 11.8 Å². The van der Waals surface area contributed by atoms with Crippen LogP contribution in [0.5, 0.6) is 0 Å². The number of hydrogen-bond donors (Lipinski definition) is 2. The van der Waals surface area contributed by atoms with E-state index in [2.05, 4.69) is 10.6 Å². The molecule has 2 aromatic rings. The molecular weight excluding hydrogens is 383 g/mol. The van der Waals surface area contributed by atoms with Crippen molar-refractivity contribution in [3.05, 3.63) is 59.7 Å². The van der Waals surface area contributed by atoms with E-state index < -0.39 is 18.6 Å². The van der Waals surface area contributed by atoms with Gasteiger partial charge in [0.25, 0.3) is 0 Å². The first-order valence-electron chi connectivity index (χ1n) is 9.25. The molecule has 0 spiro atoms. The molecule has 0 aliphatic carbocycles. The Hall–Kier alpha value is -3.03. The molecule has 3 rings (SSSR count). The van der Waals surface area contributed by atoms with E-state index in [-0.39, 0.29) is 36.2 Å². The van der Waals surface area contributed by atoms with Crippen molar-refractivity contribution in [2.75, 3.05) is 23.7 Å². The molecule has 0 radical (unpaired) electrons. The van der Waals surface area contributed by atoms with Crippen LogP contribution in [0.2, 0.25) is 0 Å². The van der Waals surface area contributed by atoms with Crippen LogP contribution in [0.4, 0.5) is 24.5 Å². The number of nitrogens with zero attached hydrogens (tertiary/aromatic N) is 1. The van der Waals surface area contributed by atoms with Gasteiger partial charge in [0, 0.05) is 19.5 Å². The number of rotatable bonds is 6. The van der Waals surface area contributed by atoms with Crippen molar-refractivity contribution in [2.45, 2.75) is 26.1 Å². The minimum atomic E-state index is -4.37. The number of alkyl halides is 3. The Morgan fingerprint density at radius 1 is 1.10 bits per heavy atom. The van der Waals surface area contributed by atoms with Crippen LogP contribution in [-0.4, -0.2) is 36.0 Å². The third-order valence-electron chi connectivity index (χ3n) is 4.74. The number of amides is 2. The number of carbonyl (C=O) groups is 2. The summed E-state index contributed by atoms with van der Waals surface area (Å²) in [5.41, 5.74) is 2.54. The van der Waals surface area contributed by atoms with Crippen LogP contribution in [0.15, 0.2) is 48.5 Å². The SMILES string of the molecule is Cc1ccc(CN2CC(C(=O)Nc3ccccc3NCC(F)(F)F)CC2=O)cc1. The summed E-state index contributed by atoms with van der Waals surface area (Å²) in [5.74, 6) is -1.05. The second kappa shape index (κ2) is 8.55. The molecule has 0 saturated carbocycles. The number of hydrogen-bond acceptors (Lipinski definition) is 3. The number of nitrogens with one attached hydrogen (secondary N) is 2. The Labute approximate surface area is 166 Å². The van der Waals surface area contributed by atoms with E-state index in [0.29, 0.717) is 6.54 Å². The highest BCUT2D eigenvalue weighted by Crippen LogP contribution is 2.26. The van der Waals surface area contributed by atoms with Crippen molar-refractivity contribution in [2.24, 2.45) is 5.92 Å². The van der Waals surface area contributed by atoms with Crippen LogP contribution < -0.4 is 10.6 Å². The highest BCUT2D eigenvalue weighted by Gasteiger charge is 2.34. The predicted octanol–water partition coefficient (Wildman–Crippen LogP) is 3.96. The van der Waals surface area contributed by atoms with Crippen molar-refractivity contribution < 1.29 is 22.8 Å². The molecule has 1 unspecified atom stereocenters. The van der Waals surface area contributed by atoms with Gasteiger partial charge in [-0.15, -0.1) is 0 Å². The summed E-state index contributed by atoms with van der Waals surface area (Å²) in [6, 6.07) is 14.0. The van der Waals surface area contributed by atoms with E-state index >= 15 is 0 Å². The van der Waals surface area contributed by atoms with Crippen LogP contribution in [-0.2, 0) is 16.1 Å². The quantitative estimate of drug-likeness (QED) is 0.765. The van der Waals surface area contributed by atoms with Gasteiger partial charge in [0.15, 0.2) is 0 Å². The fourth-order valence-electron chi connectivity index (χ4n) is 3.19. The number of carbonyl (C=O) groups excluding carboxylic acids is 2. The van der Waals surface area contributed by atoms with E-state index in [1.807, 2.05) is 31.2 Å². The Morgan fingerprint density at radius 2 is 1.76 bits per heavy atom. The van der Waals surface area contributed by atoms with Gasteiger partial charge in [0.05, 0.1) is 17.3 Å². The summed E-state index contributed by atoms with van der Waals surface area (Å²) in [4.78, 5) is 26.5. The standard InChI is InChI=1S/C21H22F3N3O2/c1-14-6-8-15(9-7-14)11-27-12-16(10-19(27)28)20(29)26-18-5-3-2-4-17(18)25-13-21(22,23)24/h2-9,16,25H,10-13H2,1H3,(H,26,29). The molecule has 1 heterocycles. The summed E-state index contributed by atoms with van der Waals surface area (Å²) in [5, 5.41) is 4.94. The number of halogens is 3. The lowest BCUT2D eigenvalue weighted by atomic mass is 10.1. The molecule has 2 N–H and O–H groups in total. The van der Waals surface area contributed by atoms with Gasteiger partial charge in [-0.2, -0.15) is 13.2 Å². The summed E-state index contributed by atoms with van der Waals surface area (Å²) in [6.07, 6.45) is -4.29. The van der Waals surface area contributed by atoms with Crippen molar-refractivity contribution >= 4 is 23.2 Å². The minimum absolute atomic E-state index is 0.0792. The summed E-state index contributed by atoms with van der Waals surface area (Å²) in [7, 11) is 0. The first-order valence-corrected chi connectivity index (χ1v) is 9.25. The average Bonchev–Trinajstić information content (AvgIpc) is 3.03. The minimum Gasteiger partial charge on any atom is -0.375 e. The van der Waals surface area contributed by atoms with Gasteiger partial charge in [-0.25, -0.2) is 0 Å². The first kappa shape index (κ1) is 20.7. The number of aryl methyl sites for hydroxylation is 1. The first-order chi connectivity index (χ1) is 13.7. The zero-order chi connectivity index (χ0) is 21.0. The van der Waals surface area contributed by atoms with E-state index in [4.69, 9.17) is 0 Å². The lowest BCUT2D eigenvalue weighted by Gasteiger charge is -2.18. The lowest BCUT2D eigenvalue weighted by molar-refractivity contribution is -0.128. The zero-order valence-electron chi connectivity index (χ0n) is 15.9. The normalized spacial score (nSPS) is 16.8. The van der Waals surface area contributed by atoms with Crippen molar-refractivity contribution in [1.29, 1.82) is 0 Å². The van der Waals surface area contributed by atoms with Crippen LogP contribution in [0.3, 0.4) is 0 Å². The molecule has 1 atom stereocenters. The molecule has 2 aromatic carbocycles. The molecule has 154 valence electrons. The molecule has 0 bridgehead atoms. The Morgan fingerprint density at radius 3 is 2.41 bits per heavy atom. The largest absolute Gasteiger partial charge is 0.405 e. The maximum absolute atomic E-state index is 12.6. The molecule has 8 heteroatoms. The van der Waals surface area contributed by atoms with Gasteiger partial charge >= 0.3 is 6.18 Å². The van der Waals surface area contributed by atoms with Crippen LogP contribution in [0.25, 0.3) is 0 Å². The van der Waals surface area contributed by atoms with E-state index in [1.54, 1.807) is 17.0 Å². The third kappa shape index (κ3) is 5.73. The molecule has 1 fully saturated rings. The Kier molecular flexibility index (Phi) is 6.10. The van der Waals surface area contributed by atoms with E-state index in [9.17, 15) is 22.8 Å². The highest BCUT2D eigenvalue weighted by atomic mass is 19.4. The van der Waals surface area contributed by atoms with Crippen molar-refractivity contribution in [1.82, 2.24) is 4.90 Å². The molecule has 1 saturated heterocycles. The number of para-hydroxylation sites is 2. The van der Waals surface area contributed by atoms with Crippen molar-refractivity contribution in [3.63, 3.8) is 0 Å². The molecule has 1 aliphatic rings. The predicted molar refractivity (Wildman–Crippen MR) is 104 cm³/mol. The summed E-state index contributed by atoms with van der Waals surface area (Å²) < 4.78 is 37.4. The molecule has 29 heavy (non-hydrogen) atoms. The number of benzene rings is 2. The maximum atomic E-state index is 12.6. The number of likely N-dealkylation sites (tertiary alicyclic amines) is 1. The van der Waals surface area contributed by atoms with Crippen molar-refractivity contribution in [3.8, 4) is 0 Å². The van der Waals surface area contributed by atoms with Gasteiger partial charge in [-0.1, -0.05) is 42.0 Å². The van der Waals surface area contributed by atoms with Gasteiger partial charge < -0.3 is 15.5 Å². The third-order valence-corrected chi connectivity index (χ3v) is 4.74. The smallest absolute Gasteiger partial charge is 0.375 e. The van der Waals surface area contributed by atoms with Crippen LogP contribution >= 0.6 is 0 Å². The van der Waals surface area contributed by atoms with Gasteiger partial charge in [-0.3, -0.25) is 9.59 Å². The average molecular weight is 405 g/mol. The Balaban J connectivity index is 1.61. The van der Waals surface area contributed by atoms with Gasteiger partial charge in [0.1, 0.15) is 6.54 Å². The zero-order valence-corrected chi connectivity index (χ0v) is 15.9. The Bertz CT molecular complexity index is 881. The fraction of sp³-hybridized carbons (Fsp3) is 0.333. The highest BCUT2D eigenvalue weighted by molar-refractivity contribution is 5.99. The van der Waals surface area contributed by atoms with E-state index in [1.165, 1.54) is 12.1 Å². The fourth-order valence-corrected chi connectivity index (χ4v) is 3.19.